The van der Waals surface area contributed by atoms with Gasteiger partial charge < -0.3 is 10.4 Å². The second kappa shape index (κ2) is 3.09. The topological polar surface area (TPSA) is 35.5 Å². The maximum Gasteiger partial charge on any atom is 0.0795 e. The molecule has 3 nitrogen and oxygen atoms in total. The molecule has 0 aliphatic carbocycles. The van der Waals surface area contributed by atoms with Crippen molar-refractivity contribution in [3.8, 4) is 0 Å². The first-order valence-electron chi connectivity index (χ1n) is 4.52. The molecule has 0 aromatic carbocycles. The van der Waals surface area contributed by atoms with Gasteiger partial charge in [-0.05, 0) is 25.8 Å². The van der Waals surface area contributed by atoms with Gasteiger partial charge in [-0.25, -0.2) is 0 Å². The maximum atomic E-state index is 9.08. The van der Waals surface area contributed by atoms with Crippen molar-refractivity contribution < 1.29 is 5.11 Å². The Morgan fingerprint density at radius 3 is 2.64 bits per heavy atom. The van der Waals surface area contributed by atoms with Crippen molar-refractivity contribution in [1.29, 1.82) is 0 Å². The van der Waals surface area contributed by atoms with Gasteiger partial charge in [0.1, 0.15) is 0 Å². The smallest absolute Gasteiger partial charge is 0.0795 e. The fraction of sp³-hybridized carbons (Fsp3) is 1.00. The number of hydrogen-bond donors (Lipinski definition) is 2. The van der Waals surface area contributed by atoms with Crippen LogP contribution in [0.5, 0.6) is 0 Å². The zero-order valence-electron chi connectivity index (χ0n) is 6.79. The fourth-order valence-electron chi connectivity index (χ4n) is 1.89. The minimum absolute atomic E-state index is 0.0567. The lowest BCUT2D eigenvalue weighted by Crippen LogP contribution is -2.60. The van der Waals surface area contributed by atoms with Crippen LogP contribution in [-0.2, 0) is 0 Å². The van der Waals surface area contributed by atoms with Gasteiger partial charge in [-0.15, -0.1) is 0 Å². The van der Waals surface area contributed by atoms with Crippen LogP contribution >= 0.6 is 0 Å². The summed E-state index contributed by atoms with van der Waals surface area (Å²) in [7, 11) is 0. The molecule has 0 aromatic rings. The van der Waals surface area contributed by atoms with E-state index in [-0.39, 0.29) is 6.10 Å². The van der Waals surface area contributed by atoms with Crippen LogP contribution < -0.4 is 5.32 Å². The molecule has 0 saturated carbocycles. The first-order chi connectivity index (χ1) is 5.36. The second-order valence-corrected chi connectivity index (χ2v) is 3.57. The lowest BCUT2D eigenvalue weighted by atomic mass is 10.0. The van der Waals surface area contributed by atoms with Crippen LogP contribution in [0.4, 0.5) is 0 Å². The average molecular weight is 156 g/mol. The van der Waals surface area contributed by atoms with E-state index >= 15 is 0 Å². The highest BCUT2D eigenvalue weighted by atomic mass is 16.3. The molecule has 0 radical (unpaired) electrons. The lowest BCUT2D eigenvalue weighted by Gasteiger charge is -2.43. The van der Waals surface area contributed by atoms with Crippen LogP contribution in [0.2, 0.25) is 0 Å². The normalized spacial score (nSPS) is 35.2. The van der Waals surface area contributed by atoms with E-state index in [2.05, 4.69) is 10.2 Å². The van der Waals surface area contributed by atoms with Crippen LogP contribution in [0.15, 0.2) is 0 Å². The Morgan fingerprint density at radius 1 is 1.27 bits per heavy atom. The number of β-amino-alcohol motifs (C(OH)–C–C–N with tert-alkyl or cyclic N) is 1. The van der Waals surface area contributed by atoms with Crippen LogP contribution in [0, 0.1) is 0 Å². The molecule has 0 amide bonds. The minimum Gasteiger partial charge on any atom is -0.390 e. The van der Waals surface area contributed by atoms with Crippen molar-refractivity contribution in [3.05, 3.63) is 0 Å². The molecule has 2 aliphatic rings. The predicted octanol–water partition coefficient (Wildman–Crippen LogP) is -0.237. The number of hydrogen-bond acceptors (Lipinski definition) is 3. The van der Waals surface area contributed by atoms with E-state index in [0.717, 1.165) is 19.6 Å². The average Bonchev–Trinajstić information content (AvgIpc) is 2.01. The summed E-state index contributed by atoms with van der Waals surface area (Å²) >= 11 is 0. The molecular weight excluding hydrogens is 140 g/mol. The van der Waals surface area contributed by atoms with Crippen molar-refractivity contribution in [2.75, 3.05) is 19.6 Å². The quantitative estimate of drug-likeness (QED) is 0.550. The number of nitrogens with one attached hydrogen (secondary N) is 1. The van der Waals surface area contributed by atoms with E-state index in [1.165, 1.54) is 19.3 Å². The van der Waals surface area contributed by atoms with Crippen molar-refractivity contribution in [3.63, 3.8) is 0 Å². The number of piperidine rings is 1. The number of likely N-dealkylation sites (tertiary alicyclic amines) is 1. The third-order valence-electron chi connectivity index (χ3n) is 2.62. The molecule has 2 fully saturated rings. The molecule has 0 spiro atoms. The van der Waals surface area contributed by atoms with E-state index in [1.807, 2.05) is 0 Å². The second-order valence-electron chi connectivity index (χ2n) is 3.57. The molecule has 2 heterocycles. The summed E-state index contributed by atoms with van der Waals surface area (Å²) in [5, 5.41) is 12.5. The zero-order valence-corrected chi connectivity index (χ0v) is 6.79. The van der Waals surface area contributed by atoms with Gasteiger partial charge in [0.05, 0.1) is 12.3 Å². The van der Waals surface area contributed by atoms with E-state index < -0.39 is 0 Å². The number of aliphatic hydroxyl groups is 1. The third kappa shape index (κ3) is 1.55. The van der Waals surface area contributed by atoms with E-state index in [1.54, 1.807) is 0 Å². The van der Waals surface area contributed by atoms with Crippen LogP contribution in [0.1, 0.15) is 19.3 Å². The van der Waals surface area contributed by atoms with Crippen molar-refractivity contribution in [2.45, 2.75) is 31.5 Å². The lowest BCUT2D eigenvalue weighted by molar-refractivity contribution is -0.0397. The zero-order chi connectivity index (χ0) is 7.68. The minimum atomic E-state index is -0.0567. The van der Waals surface area contributed by atoms with Crippen LogP contribution in [-0.4, -0.2) is 41.9 Å². The van der Waals surface area contributed by atoms with Gasteiger partial charge >= 0.3 is 0 Å². The van der Waals surface area contributed by atoms with Gasteiger partial charge in [-0.3, -0.25) is 4.90 Å². The number of nitrogens with zero attached hydrogens (tertiary/aromatic N) is 1. The molecular formula is C8H16N2O. The van der Waals surface area contributed by atoms with Gasteiger partial charge in [-0.2, -0.15) is 0 Å². The van der Waals surface area contributed by atoms with Gasteiger partial charge in [-0.1, -0.05) is 0 Å². The SMILES string of the molecule is OC1CN([C@H]2CCCCN2)C1. The summed E-state index contributed by atoms with van der Waals surface area (Å²) in [6.07, 6.45) is 4.41. The highest BCUT2D eigenvalue weighted by molar-refractivity contribution is 4.85. The van der Waals surface area contributed by atoms with Gasteiger partial charge in [0.15, 0.2) is 0 Å². The molecule has 11 heavy (non-hydrogen) atoms. The number of rotatable bonds is 1. The molecule has 0 aromatic heterocycles. The molecule has 64 valence electrons. The molecule has 2 aliphatic heterocycles. The Kier molecular flexibility index (Phi) is 2.11. The molecule has 0 bridgehead atoms. The summed E-state index contributed by atoms with van der Waals surface area (Å²) in [6.45, 7) is 2.90. The molecule has 1 atom stereocenters. The van der Waals surface area contributed by atoms with Crippen LogP contribution in [0.3, 0.4) is 0 Å². The monoisotopic (exact) mass is 156 g/mol. The first-order valence-corrected chi connectivity index (χ1v) is 4.52. The first kappa shape index (κ1) is 7.53. The summed E-state index contributed by atoms with van der Waals surface area (Å²) in [4.78, 5) is 2.32. The molecule has 2 saturated heterocycles. The molecule has 2 N–H and O–H groups in total. The number of aliphatic hydroxyl groups excluding tert-OH is 1. The van der Waals surface area contributed by atoms with E-state index in [4.69, 9.17) is 5.11 Å². The molecule has 0 unspecified atom stereocenters. The predicted molar refractivity (Wildman–Crippen MR) is 43.2 cm³/mol. The van der Waals surface area contributed by atoms with E-state index in [0.29, 0.717) is 6.17 Å². The standard InChI is InChI=1S/C8H16N2O/c11-7-5-10(6-7)8-3-1-2-4-9-8/h7-9,11H,1-6H2/t8-/m0/s1. The highest BCUT2D eigenvalue weighted by Crippen LogP contribution is 2.17. The van der Waals surface area contributed by atoms with Crippen LogP contribution in [0.25, 0.3) is 0 Å². The Balaban J connectivity index is 1.76. The summed E-state index contributed by atoms with van der Waals surface area (Å²) < 4.78 is 0. The van der Waals surface area contributed by atoms with Crippen molar-refractivity contribution in [1.82, 2.24) is 10.2 Å². The van der Waals surface area contributed by atoms with Crippen molar-refractivity contribution >= 4 is 0 Å². The van der Waals surface area contributed by atoms with Crippen molar-refractivity contribution in [2.24, 2.45) is 0 Å². The van der Waals surface area contributed by atoms with Gasteiger partial charge in [0.2, 0.25) is 0 Å². The Labute approximate surface area is 67.4 Å². The molecule has 3 heteroatoms. The third-order valence-corrected chi connectivity index (χ3v) is 2.62. The largest absolute Gasteiger partial charge is 0.390 e. The summed E-state index contributed by atoms with van der Waals surface area (Å²) in [5.74, 6) is 0. The summed E-state index contributed by atoms with van der Waals surface area (Å²) in [5.41, 5.74) is 0. The highest BCUT2D eigenvalue weighted by Gasteiger charge is 2.30. The summed E-state index contributed by atoms with van der Waals surface area (Å²) in [6, 6.07) is 0. The van der Waals surface area contributed by atoms with E-state index in [9.17, 15) is 0 Å². The fourth-order valence-corrected chi connectivity index (χ4v) is 1.89. The Bertz CT molecular complexity index is 128. The Hall–Kier alpha value is -0.120. The van der Waals surface area contributed by atoms with Gasteiger partial charge in [0.25, 0.3) is 0 Å². The Morgan fingerprint density at radius 2 is 2.09 bits per heavy atom. The maximum absolute atomic E-state index is 9.08. The van der Waals surface area contributed by atoms with Gasteiger partial charge in [0, 0.05) is 13.1 Å². The molecule has 2 rings (SSSR count).